The molecule has 1 N–H and O–H groups in total. The highest BCUT2D eigenvalue weighted by molar-refractivity contribution is 7.86. The molecule has 94 valence electrons. The molecule has 5 heteroatoms. The molecule has 0 saturated carbocycles. The lowest BCUT2D eigenvalue weighted by atomic mass is 10.3. The zero-order valence-corrected chi connectivity index (χ0v) is 10.8. The Hall–Kier alpha value is -0.910. The van der Waals surface area contributed by atoms with E-state index in [0.29, 0.717) is 13.0 Å². The van der Waals surface area contributed by atoms with Crippen LogP contribution in [0, 0.1) is 0 Å². The summed E-state index contributed by atoms with van der Waals surface area (Å²) in [6, 6.07) is 7.55. The highest BCUT2D eigenvalue weighted by atomic mass is 32.2. The summed E-state index contributed by atoms with van der Waals surface area (Å²) in [5.41, 5.74) is 0.921. The summed E-state index contributed by atoms with van der Waals surface area (Å²) < 4.78 is 17.5. The van der Waals surface area contributed by atoms with Crippen LogP contribution >= 0.6 is 0 Å². The molecule has 0 aliphatic carbocycles. The fourth-order valence-electron chi connectivity index (χ4n) is 1.93. The molecule has 0 bridgehead atoms. The van der Waals surface area contributed by atoms with Crippen molar-refractivity contribution in [2.45, 2.75) is 22.9 Å². The fourth-order valence-corrected chi connectivity index (χ4v) is 3.52. The Kier molecular flexibility index (Phi) is 3.81. The van der Waals surface area contributed by atoms with Gasteiger partial charge in [-0.1, -0.05) is 12.1 Å². The zero-order valence-electron chi connectivity index (χ0n) is 10.00. The number of ether oxygens (including phenoxy) is 1. The van der Waals surface area contributed by atoms with Gasteiger partial charge in [0.2, 0.25) is 0 Å². The number of hydrogen-bond donors (Lipinski definition) is 1. The second-order valence-electron chi connectivity index (χ2n) is 4.25. The zero-order chi connectivity index (χ0) is 12.4. The van der Waals surface area contributed by atoms with Crippen LogP contribution in [-0.2, 0) is 15.5 Å². The maximum atomic E-state index is 12.4. The van der Waals surface area contributed by atoms with Crippen molar-refractivity contribution in [1.29, 1.82) is 0 Å². The molecule has 2 rings (SSSR count). The highest BCUT2D eigenvalue weighted by Crippen LogP contribution is 2.28. The molecule has 1 aromatic carbocycles. The Morgan fingerprint density at radius 1 is 1.41 bits per heavy atom. The Morgan fingerprint density at radius 3 is 2.71 bits per heavy atom. The van der Waals surface area contributed by atoms with Crippen LogP contribution in [-0.4, -0.2) is 41.6 Å². The molecule has 0 aromatic heterocycles. The third-order valence-electron chi connectivity index (χ3n) is 2.85. The number of benzene rings is 1. The molecule has 0 amide bonds. The van der Waals surface area contributed by atoms with Crippen molar-refractivity contribution in [1.82, 2.24) is 0 Å². The largest absolute Gasteiger partial charge is 0.377 e. The molecule has 1 saturated heterocycles. The normalized spacial score (nSPS) is 25.8. The van der Waals surface area contributed by atoms with Gasteiger partial charge >= 0.3 is 0 Å². The smallest absolute Gasteiger partial charge is 0.169 e. The van der Waals surface area contributed by atoms with Crippen molar-refractivity contribution in [3.05, 3.63) is 24.3 Å². The van der Waals surface area contributed by atoms with Crippen LogP contribution in [0.1, 0.15) is 6.42 Å². The van der Waals surface area contributed by atoms with E-state index in [9.17, 15) is 9.32 Å². The minimum Gasteiger partial charge on any atom is -0.377 e. The Labute approximate surface area is 104 Å². The second kappa shape index (κ2) is 5.16. The molecule has 0 spiro atoms. The van der Waals surface area contributed by atoms with E-state index >= 15 is 0 Å². The summed E-state index contributed by atoms with van der Waals surface area (Å²) in [5.74, 6) is 0. The average Bonchev–Trinajstić information content (AvgIpc) is 2.74. The summed E-state index contributed by atoms with van der Waals surface area (Å²) in [5, 5.41) is 9.30. The molecule has 3 atom stereocenters. The van der Waals surface area contributed by atoms with Crippen molar-refractivity contribution in [2.24, 2.45) is 0 Å². The predicted octanol–water partition coefficient (Wildman–Crippen LogP) is 0.968. The first-order valence-corrected chi connectivity index (χ1v) is 6.79. The predicted molar refractivity (Wildman–Crippen MR) is 67.5 cm³/mol. The summed E-state index contributed by atoms with van der Waals surface area (Å²) >= 11 is 0. The molecule has 1 fully saturated rings. The summed E-state index contributed by atoms with van der Waals surface area (Å²) in [6.07, 6.45) is -0.277. The van der Waals surface area contributed by atoms with E-state index in [0.717, 1.165) is 10.6 Å². The summed E-state index contributed by atoms with van der Waals surface area (Å²) in [6.45, 7) is 0.474. The number of aliphatic hydroxyl groups excluding tert-OH is 1. The number of anilines is 1. The van der Waals surface area contributed by atoms with E-state index in [1.54, 1.807) is 0 Å². The molecular formula is C12H17NO3S. The number of nitrogens with zero attached hydrogens (tertiary/aromatic N) is 1. The van der Waals surface area contributed by atoms with Gasteiger partial charge in [0.25, 0.3) is 0 Å². The summed E-state index contributed by atoms with van der Waals surface area (Å²) in [7, 11) is 2.59. The van der Waals surface area contributed by atoms with Crippen LogP contribution in [0.5, 0.6) is 0 Å². The number of hydrogen-bond acceptors (Lipinski definition) is 4. The van der Waals surface area contributed by atoms with E-state index in [1.165, 1.54) is 0 Å². The topological polar surface area (TPSA) is 49.8 Å². The standard InChI is InChI=1S/C12H17NO3S/c1-13(2)9-5-3-4-6-10(9)17(15)11-7-8-16-12(11)14/h3-6,11-12,14H,7-8H2,1-2H3/t11?,12?,17-/m1/s1. The lowest BCUT2D eigenvalue weighted by molar-refractivity contribution is -0.0566. The SMILES string of the molecule is CN(C)c1ccccc1[S@@](=O)C1CCOC1O. The van der Waals surface area contributed by atoms with Gasteiger partial charge < -0.3 is 14.7 Å². The van der Waals surface area contributed by atoms with Crippen LogP contribution in [0.4, 0.5) is 5.69 Å². The number of para-hydroxylation sites is 1. The molecule has 1 aliphatic rings. The van der Waals surface area contributed by atoms with Crippen molar-refractivity contribution in [3.63, 3.8) is 0 Å². The Bertz CT molecular complexity index is 422. The molecule has 17 heavy (non-hydrogen) atoms. The van der Waals surface area contributed by atoms with Crippen LogP contribution < -0.4 is 4.90 Å². The average molecular weight is 255 g/mol. The van der Waals surface area contributed by atoms with E-state index in [2.05, 4.69) is 0 Å². The first-order chi connectivity index (χ1) is 8.11. The van der Waals surface area contributed by atoms with Crippen molar-refractivity contribution >= 4 is 16.5 Å². The molecular weight excluding hydrogens is 238 g/mol. The summed E-state index contributed by atoms with van der Waals surface area (Å²) in [4.78, 5) is 2.68. The first-order valence-electron chi connectivity index (χ1n) is 5.58. The molecule has 0 radical (unpaired) electrons. The van der Waals surface area contributed by atoms with E-state index in [-0.39, 0.29) is 5.25 Å². The molecule has 2 unspecified atom stereocenters. The third-order valence-corrected chi connectivity index (χ3v) is 4.64. The number of aliphatic hydroxyl groups is 1. The van der Waals surface area contributed by atoms with Crippen molar-refractivity contribution < 1.29 is 14.1 Å². The molecule has 1 aromatic rings. The minimum absolute atomic E-state index is 0.323. The van der Waals surface area contributed by atoms with Gasteiger partial charge in [-0.3, -0.25) is 4.21 Å². The van der Waals surface area contributed by atoms with Crippen LogP contribution in [0.15, 0.2) is 29.2 Å². The highest BCUT2D eigenvalue weighted by Gasteiger charge is 2.33. The minimum atomic E-state index is -1.24. The van der Waals surface area contributed by atoms with E-state index < -0.39 is 17.1 Å². The van der Waals surface area contributed by atoms with Gasteiger partial charge in [0.15, 0.2) is 6.29 Å². The molecule has 4 nitrogen and oxygen atoms in total. The van der Waals surface area contributed by atoms with E-state index in [4.69, 9.17) is 4.74 Å². The van der Waals surface area contributed by atoms with Crippen LogP contribution in [0.2, 0.25) is 0 Å². The lowest BCUT2D eigenvalue weighted by Crippen LogP contribution is -2.26. The van der Waals surface area contributed by atoms with Gasteiger partial charge in [-0.05, 0) is 18.6 Å². The van der Waals surface area contributed by atoms with Crippen LogP contribution in [0.25, 0.3) is 0 Å². The van der Waals surface area contributed by atoms with Gasteiger partial charge in [0.05, 0.1) is 33.2 Å². The van der Waals surface area contributed by atoms with Gasteiger partial charge in [-0.2, -0.15) is 0 Å². The van der Waals surface area contributed by atoms with Gasteiger partial charge in [-0.25, -0.2) is 0 Å². The molecule has 1 aliphatic heterocycles. The van der Waals surface area contributed by atoms with Gasteiger partial charge in [0, 0.05) is 14.1 Å². The maximum absolute atomic E-state index is 12.4. The second-order valence-corrected chi connectivity index (χ2v) is 5.89. The van der Waals surface area contributed by atoms with Crippen molar-refractivity contribution in [3.8, 4) is 0 Å². The quantitative estimate of drug-likeness (QED) is 0.874. The van der Waals surface area contributed by atoms with Gasteiger partial charge in [0.1, 0.15) is 0 Å². The number of rotatable bonds is 3. The lowest BCUT2D eigenvalue weighted by Gasteiger charge is -2.19. The Morgan fingerprint density at radius 2 is 2.12 bits per heavy atom. The van der Waals surface area contributed by atoms with Crippen LogP contribution in [0.3, 0.4) is 0 Å². The maximum Gasteiger partial charge on any atom is 0.169 e. The van der Waals surface area contributed by atoms with E-state index in [1.807, 2.05) is 43.3 Å². The molecule has 1 heterocycles. The first kappa shape index (κ1) is 12.5. The van der Waals surface area contributed by atoms with Crippen molar-refractivity contribution in [2.75, 3.05) is 25.6 Å². The van der Waals surface area contributed by atoms with Gasteiger partial charge in [-0.15, -0.1) is 0 Å². The third kappa shape index (κ3) is 2.51. The monoisotopic (exact) mass is 255 g/mol. The Balaban J connectivity index is 2.30. The fraction of sp³-hybridized carbons (Fsp3) is 0.500.